The van der Waals surface area contributed by atoms with Gasteiger partial charge in [-0.05, 0) is 65.4 Å². The van der Waals surface area contributed by atoms with Crippen LogP contribution in [0.1, 0.15) is 51.8 Å². The molecule has 2 rings (SSSR count). The van der Waals surface area contributed by atoms with E-state index >= 15 is 0 Å². The number of hydrogen-bond donors (Lipinski definition) is 2. The van der Waals surface area contributed by atoms with Crippen LogP contribution in [-0.2, 0) is 4.74 Å². The van der Waals surface area contributed by atoms with Gasteiger partial charge in [-0.1, -0.05) is 12.1 Å². The van der Waals surface area contributed by atoms with Gasteiger partial charge in [0, 0.05) is 12.1 Å². The van der Waals surface area contributed by atoms with Crippen molar-refractivity contribution in [2.75, 3.05) is 20.1 Å². The lowest BCUT2D eigenvalue weighted by molar-refractivity contribution is -0.597. The number of alkyl carbamates (subject to hydrolysis) is 1. The number of likely N-dealkylation sites (N-methyl/N-ethyl adjacent to an activating group) is 1. The summed E-state index contributed by atoms with van der Waals surface area (Å²) in [4.78, 5) is 14.2. The molecule has 5 nitrogen and oxygen atoms in total. The SMILES string of the molecule is CC1CN(C)CC=C(c2ccc([C@H](C)NC(=O)OC(C)(C)C)cc2)[NH2+]1. The molecule has 0 aromatic heterocycles. The molecule has 0 bridgehead atoms. The van der Waals surface area contributed by atoms with Gasteiger partial charge in [-0.25, -0.2) is 4.79 Å². The number of rotatable bonds is 3. The van der Waals surface area contributed by atoms with Crippen molar-refractivity contribution in [3.63, 3.8) is 0 Å². The quantitative estimate of drug-likeness (QED) is 0.884. The molecular formula is C20H32N3O2+. The number of quaternary nitrogens is 1. The third kappa shape index (κ3) is 6.18. The van der Waals surface area contributed by atoms with E-state index in [0.717, 1.165) is 18.7 Å². The molecule has 1 unspecified atom stereocenters. The normalized spacial score (nSPS) is 20.4. The van der Waals surface area contributed by atoms with Gasteiger partial charge < -0.3 is 15.4 Å². The molecule has 25 heavy (non-hydrogen) atoms. The highest BCUT2D eigenvalue weighted by molar-refractivity contribution is 5.68. The Bertz CT molecular complexity index is 617. The Balaban J connectivity index is 2.02. The van der Waals surface area contributed by atoms with Crippen LogP contribution in [0.4, 0.5) is 4.79 Å². The van der Waals surface area contributed by atoms with Gasteiger partial charge in [0.25, 0.3) is 0 Å². The van der Waals surface area contributed by atoms with Crippen molar-refractivity contribution in [2.24, 2.45) is 0 Å². The van der Waals surface area contributed by atoms with Gasteiger partial charge in [-0.3, -0.25) is 4.90 Å². The molecule has 5 heteroatoms. The van der Waals surface area contributed by atoms with E-state index in [4.69, 9.17) is 4.74 Å². The summed E-state index contributed by atoms with van der Waals surface area (Å²) in [5.41, 5.74) is 3.08. The molecule has 1 aromatic carbocycles. The van der Waals surface area contributed by atoms with Crippen molar-refractivity contribution < 1.29 is 14.8 Å². The topological polar surface area (TPSA) is 58.2 Å². The van der Waals surface area contributed by atoms with E-state index in [0.29, 0.717) is 6.04 Å². The first-order chi connectivity index (χ1) is 11.6. The molecule has 1 amide bonds. The number of amides is 1. The summed E-state index contributed by atoms with van der Waals surface area (Å²) in [7, 11) is 2.15. The maximum Gasteiger partial charge on any atom is 0.408 e. The summed E-state index contributed by atoms with van der Waals surface area (Å²) in [6.45, 7) is 11.8. The van der Waals surface area contributed by atoms with Crippen LogP contribution in [0.5, 0.6) is 0 Å². The predicted molar refractivity (Wildman–Crippen MR) is 101 cm³/mol. The number of nitrogens with two attached hydrogens (primary N) is 1. The van der Waals surface area contributed by atoms with Crippen molar-refractivity contribution in [3.8, 4) is 0 Å². The number of benzene rings is 1. The van der Waals surface area contributed by atoms with Gasteiger partial charge in [0.05, 0.1) is 12.6 Å². The minimum atomic E-state index is -0.487. The molecule has 1 aromatic rings. The Morgan fingerprint density at radius 3 is 2.56 bits per heavy atom. The average molecular weight is 346 g/mol. The van der Waals surface area contributed by atoms with Crippen LogP contribution in [-0.4, -0.2) is 42.8 Å². The van der Waals surface area contributed by atoms with Gasteiger partial charge >= 0.3 is 6.09 Å². The highest BCUT2D eigenvalue weighted by Crippen LogP contribution is 2.17. The first-order valence-corrected chi connectivity index (χ1v) is 8.97. The van der Waals surface area contributed by atoms with E-state index in [2.05, 4.69) is 59.8 Å². The van der Waals surface area contributed by atoms with Crippen LogP contribution in [0.15, 0.2) is 30.3 Å². The molecule has 2 atom stereocenters. The molecule has 0 fully saturated rings. The van der Waals surface area contributed by atoms with Crippen LogP contribution in [0, 0.1) is 0 Å². The number of nitrogens with one attached hydrogen (secondary N) is 1. The summed E-state index contributed by atoms with van der Waals surface area (Å²) < 4.78 is 5.32. The van der Waals surface area contributed by atoms with Crippen LogP contribution >= 0.6 is 0 Å². The predicted octanol–water partition coefficient (Wildman–Crippen LogP) is 2.51. The molecule has 0 aliphatic carbocycles. The summed E-state index contributed by atoms with van der Waals surface area (Å²) in [5, 5.41) is 5.22. The fourth-order valence-corrected chi connectivity index (χ4v) is 2.99. The smallest absolute Gasteiger partial charge is 0.408 e. The van der Waals surface area contributed by atoms with Crippen LogP contribution in [0.2, 0.25) is 0 Å². The highest BCUT2D eigenvalue weighted by Gasteiger charge is 2.20. The number of carbonyl (C=O) groups excluding carboxylic acids is 1. The lowest BCUT2D eigenvalue weighted by Crippen LogP contribution is -2.87. The second-order valence-corrected chi connectivity index (χ2v) is 8.01. The molecule has 0 saturated heterocycles. The second-order valence-electron chi connectivity index (χ2n) is 8.01. The lowest BCUT2D eigenvalue weighted by atomic mass is 10.0. The van der Waals surface area contributed by atoms with E-state index in [1.807, 2.05) is 27.7 Å². The number of ether oxygens (including phenoxy) is 1. The maximum atomic E-state index is 11.9. The molecule has 0 spiro atoms. The monoisotopic (exact) mass is 346 g/mol. The number of carbonyl (C=O) groups is 1. The Labute approximate surface area is 151 Å². The van der Waals surface area contributed by atoms with Gasteiger partial charge in [0.15, 0.2) is 0 Å². The Hall–Kier alpha value is -1.85. The third-order valence-corrected chi connectivity index (χ3v) is 4.16. The van der Waals surface area contributed by atoms with E-state index in [1.165, 1.54) is 11.3 Å². The van der Waals surface area contributed by atoms with Crippen LogP contribution in [0.3, 0.4) is 0 Å². The highest BCUT2D eigenvalue weighted by atomic mass is 16.6. The molecular weight excluding hydrogens is 314 g/mol. The zero-order valence-electron chi connectivity index (χ0n) is 16.3. The first-order valence-electron chi connectivity index (χ1n) is 8.97. The largest absolute Gasteiger partial charge is 0.444 e. The number of nitrogens with zero attached hydrogens (tertiary/aromatic N) is 1. The fraction of sp³-hybridized carbons (Fsp3) is 0.550. The van der Waals surface area contributed by atoms with Gasteiger partial charge in [0.1, 0.15) is 17.3 Å². The second kappa shape index (κ2) is 8.02. The average Bonchev–Trinajstić information content (AvgIpc) is 2.66. The van der Waals surface area contributed by atoms with Crippen molar-refractivity contribution >= 4 is 11.8 Å². The molecule has 1 aliphatic rings. The summed E-state index contributed by atoms with van der Waals surface area (Å²) in [6.07, 6.45) is 1.89. The fourth-order valence-electron chi connectivity index (χ4n) is 2.99. The molecule has 0 radical (unpaired) electrons. The van der Waals surface area contributed by atoms with Crippen molar-refractivity contribution in [1.82, 2.24) is 10.2 Å². The van der Waals surface area contributed by atoms with Crippen LogP contribution in [0.25, 0.3) is 5.70 Å². The Kier molecular flexibility index (Phi) is 6.25. The van der Waals surface area contributed by atoms with Crippen LogP contribution < -0.4 is 10.6 Å². The summed E-state index contributed by atoms with van der Waals surface area (Å²) >= 11 is 0. The van der Waals surface area contributed by atoms with Crippen molar-refractivity contribution in [3.05, 3.63) is 41.5 Å². The lowest BCUT2D eigenvalue weighted by Gasteiger charge is -2.22. The summed E-state index contributed by atoms with van der Waals surface area (Å²) in [6, 6.07) is 8.84. The van der Waals surface area contributed by atoms with E-state index < -0.39 is 5.60 Å². The molecule has 3 N–H and O–H groups in total. The van der Waals surface area contributed by atoms with E-state index in [-0.39, 0.29) is 12.1 Å². The van der Waals surface area contributed by atoms with E-state index in [9.17, 15) is 4.79 Å². The number of hydrogen-bond acceptors (Lipinski definition) is 3. The third-order valence-electron chi connectivity index (χ3n) is 4.16. The Morgan fingerprint density at radius 2 is 1.96 bits per heavy atom. The molecule has 0 saturated carbocycles. The molecule has 138 valence electrons. The zero-order valence-corrected chi connectivity index (χ0v) is 16.3. The van der Waals surface area contributed by atoms with Gasteiger partial charge in [-0.2, -0.15) is 0 Å². The van der Waals surface area contributed by atoms with Crippen molar-refractivity contribution in [2.45, 2.75) is 52.3 Å². The maximum absolute atomic E-state index is 11.9. The van der Waals surface area contributed by atoms with Gasteiger partial charge in [-0.15, -0.1) is 0 Å². The summed E-state index contributed by atoms with van der Waals surface area (Å²) in [5.74, 6) is 0. The minimum Gasteiger partial charge on any atom is -0.444 e. The standard InChI is InChI=1S/C20H31N3O2/c1-14-13-23(6)12-11-18(21-14)17-9-7-16(8-10-17)15(2)22-19(24)25-20(3,4)5/h7-11,14-15,21H,12-13H2,1-6H3,(H,22,24)/p+1/t14?,15-/m0/s1. The first kappa shape index (κ1) is 19.5. The van der Waals surface area contributed by atoms with Gasteiger partial charge in [0.2, 0.25) is 0 Å². The van der Waals surface area contributed by atoms with Crippen molar-refractivity contribution in [1.29, 1.82) is 0 Å². The van der Waals surface area contributed by atoms with E-state index in [1.54, 1.807) is 0 Å². The zero-order chi connectivity index (χ0) is 18.6. The molecule has 1 heterocycles. The minimum absolute atomic E-state index is 0.0963. The molecule has 1 aliphatic heterocycles. The Morgan fingerprint density at radius 1 is 1.32 bits per heavy atom.